The van der Waals surface area contributed by atoms with Crippen molar-refractivity contribution in [3.63, 3.8) is 0 Å². The SMILES string of the molecule is CNc1conc1C1CCCc2cccc(C)c21. The lowest BCUT2D eigenvalue weighted by molar-refractivity contribution is 0.404. The van der Waals surface area contributed by atoms with Crippen molar-refractivity contribution in [2.24, 2.45) is 0 Å². The Bertz CT molecular complexity index is 559. The Labute approximate surface area is 107 Å². The smallest absolute Gasteiger partial charge is 0.147 e. The van der Waals surface area contributed by atoms with Gasteiger partial charge in [0, 0.05) is 13.0 Å². The lowest BCUT2D eigenvalue weighted by Crippen LogP contribution is -2.14. The Morgan fingerprint density at radius 1 is 1.39 bits per heavy atom. The summed E-state index contributed by atoms with van der Waals surface area (Å²) in [4.78, 5) is 0. The van der Waals surface area contributed by atoms with E-state index in [9.17, 15) is 0 Å². The summed E-state index contributed by atoms with van der Waals surface area (Å²) in [6.45, 7) is 2.19. The lowest BCUT2D eigenvalue weighted by Gasteiger charge is -2.26. The van der Waals surface area contributed by atoms with Crippen molar-refractivity contribution in [2.75, 3.05) is 12.4 Å². The zero-order chi connectivity index (χ0) is 12.5. The van der Waals surface area contributed by atoms with Crippen LogP contribution in [0.3, 0.4) is 0 Å². The van der Waals surface area contributed by atoms with E-state index >= 15 is 0 Å². The van der Waals surface area contributed by atoms with Crippen LogP contribution in [0.4, 0.5) is 5.69 Å². The van der Waals surface area contributed by atoms with Crippen molar-refractivity contribution in [1.29, 1.82) is 0 Å². The van der Waals surface area contributed by atoms with Gasteiger partial charge in [-0.3, -0.25) is 0 Å². The van der Waals surface area contributed by atoms with Gasteiger partial charge in [-0.2, -0.15) is 0 Å². The minimum atomic E-state index is 0.371. The lowest BCUT2D eigenvalue weighted by atomic mass is 9.78. The number of aryl methyl sites for hydroxylation is 2. The van der Waals surface area contributed by atoms with Crippen LogP contribution in [0.2, 0.25) is 0 Å². The van der Waals surface area contributed by atoms with E-state index in [1.807, 2.05) is 7.05 Å². The van der Waals surface area contributed by atoms with Crippen LogP contribution in [0.1, 0.15) is 41.1 Å². The number of hydrogen-bond donors (Lipinski definition) is 1. The maximum Gasteiger partial charge on any atom is 0.147 e. The van der Waals surface area contributed by atoms with Crippen LogP contribution in [0, 0.1) is 6.92 Å². The zero-order valence-electron chi connectivity index (χ0n) is 10.9. The molecule has 0 amide bonds. The molecule has 0 radical (unpaired) electrons. The van der Waals surface area contributed by atoms with E-state index in [0.717, 1.165) is 17.8 Å². The maximum atomic E-state index is 5.13. The topological polar surface area (TPSA) is 38.1 Å². The van der Waals surface area contributed by atoms with Crippen molar-refractivity contribution >= 4 is 5.69 Å². The summed E-state index contributed by atoms with van der Waals surface area (Å²) < 4.78 is 5.13. The first-order chi connectivity index (χ1) is 8.81. The van der Waals surface area contributed by atoms with E-state index in [1.54, 1.807) is 6.26 Å². The molecule has 2 aromatic rings. The van der Waals surface area contributed by atoms with Crippen LogP contribution in [-0.2, 0) is 6.42 Å². The summed E-state index contributed by atoms with van der Waals surface area (Å²) in [6.07, 6.45) is 5.25. The highest BCUT2D eigenvalue weighted by atomic mass is 16.5. The second kappa shape index (κ2) is 4.48. The fourth-order valence-electron chi connectivity index (χ4n) is 3.06. The number of hydrogen-bond acceptors (Lipinski definition) is 3. The first-order valence-corrected chi connectivity index (χ1v) is 6.51. The van der Waals surface area contributed by atoms with Crippen molar-refractivity contribution in [1.82, 2.24) is 5.16 Å². The number of rotatable bonds is 2. The molecule has 1 N–H and O–H groups in total. The molecule has 18 heavy (non-hydrogen) atoms. The fourth-order valence-corrected chi connectivity index (χ4v) is 3.06. The summed E-state index contributed by atoms with van der Waals surface area (Å²) >= 11 is 0. The second-order valence-electron chi connectivity index (χ2n) is 4.96. The minimum absolute atomic E-state index is 0.371. The molecule has 1 aliphatic carbocycles. The van der Waals surface area contributed by atoms with Gasteiger partial charge < -0.3 is 9.84 Å². The first-order valence-electron chi connectivity index (χ1n) is 6.51. The number of aromatic nitrogens is 1. The van der Waals surface area contributed by atoms with Crippen molar-refractivity contribution in [3.05, 3.63) is 46.8 Å². The van der Waals surface area contributed by atoms with Gasteiger partial charge in [0.25, 0.3) is 0 Å². The molecule has 94 valence electrons. The first kappa shape index (κ1) is 11.3. The summed E-state index contributed by atoms with van der Waals surface area (Å²) in [5.74, 6) is 0.371. The number of anilines is 1. The largest absolute Gasteiger partial charge is 0.384 e. The zero-order valence-corrected chi connectivity index (χ0v) is 10.9. The highest BCUT2D eigenvalue weighted by Gasteiger charge is 2.27. The van der Waals surface area contributed by atoms with Gasteiger partial charge in [-0.25, -0.2) is 0 Å². The molecule has 0 saturated carbocycles. The van der Waals surface area contributed by atoms with Crippen LogP contribution < -0.4 is 5.32 Å². The Hall–Kier alpha value is -1.77. The molecule has 1 aromatic carbocycles. The molecule has 1 heterocycles. The normalized spacial score (nSPS) is 18.4. The van der Waals surface area contributed by atoms with Gasteiger partial charge in [-0.15, -0.1) is 0 Å². The molecule has 3 rings (SSSR count). The van der Waals surface area contributed by atoms with E-state index in [1.165, 1.54) is 29.5 Å². The maximum absolute atomic E-state index is 5.13. The molecular weight excluding hydrogens is 224 g/mol. The van der Waals surface area contributed by atoms with Crippen LogP contribution in [-0.4, -0.2) is 12.2 Å². The summed E-state index contributed by atoms with van der Waals surface area (Å²) in [7, 11) is 1.91. The van der Waals surface area contributed by atoms with Gasteiger partial charge in [0.2, 0.25) is 0 Å². The number of benzene rings is 1. The van der Waals surface area contributed by atoms with Crippen LogP contribution in [0.25, 0.3) is 0 Å². The Balaban J connectivity index is 2.11. The fraction of sp³-hybridized carbons (Fsp3) is 0.400. The highest BCUT2D eigenvalue weighted by molar-refractivity contribution is 5.52. The molecule has 3 nitrogen and oxygen atoms in total. The Morgan fingerprint density at radius 3 is 3.11 bits per heavy atom. The van der Waals surface area contributed by atoms with Gasteiger partial charge in [-0.05, 0) is 42.9 Å². The van der Waals surface area contributed by atoms with E-state index in [0.29, 0.717) is 5.92 Å². The summed E-state index contributed by atoms with van der Waals surface area (Å²) in [5.41, 5.74) is 6.34. The molecule has 0 spiro atoms. The highest BCUT2D eigenvalue weighted by Crippen LogP contribution is 2.40. The molecule has 1 aliphatic rings. The van der Waals surface area contributed by atoms with Gasteiger partial charge >= 0.3 is 0 Å². The van der Waals surface area contributed by atoms with Gasteiger partial charge in [-0.1, -0.05) is 23.4 Å². The molecule has 1 atom stereocenters. The average molecular weight is 242 g/mol. The van der Waals surface area contributed by atoms with Crippen LogP contribution in [0.15, 0.2) is 29.0 Å². The van der Waals surface area contributed by atoms with E-state index < -0.39 is 0 Å². The predicted octanol–water partition coefficient (Wildman–Crippen LogP) is 3.49. The summed E-state index contributed by atoms with van der Waals surface area (Å²) in [6, 6.07) is 6.59. The predicted molar refractivity (Wildman–Crippen MR) is 72.0 cm³/mol. The molecule has 1 aromatic heterocycles. The average Bonchev–Trinajstić information content (AvgIpc) is 2.86. The summed E-state index contributed by atoms with van der Waals surface area (Å²) in [5, 5.41) is 7.38. The third kappa shape index (κ3) is 1.70. The van der Waals surface area contributed by atoms with Crippen molar-refractivity contribution < 1.29 is 4.52 Å². The molecule has 3 heteroatoms. The minimum Gasteiger partial charge on any atom is -0.384 e. The van der Waals surface area contributed by atoms with Crippen molar-refractivity contribution in [3.8, 4) is 0 Å². The quantitative estimate of drug-likeness (QED) is 0.876. The number of nitrogens with one attached hydrogen (secondary N) is 1. The monoisotopic (exact) mass is 242 g/mol. The molecule has 0 aliphatic heterocycles. The van der Waals surface area contributed by atoms with E-state index in [4.69, 9.17) is 4.52 Å². The van der Waals surface area contributed by atoms with Crippen LogP contribution in [0.5, 0.6) is 0 Å². The van der Waals surface area contributed by atoms with Crippen molar-refractivity contribution in [2.45, 2.75) is 32.1 Å². The van der Waals surface area contributed by atoms with Gasteiger partial charge in [0.1, 0.15) is 12.0 Å². The Morgan fingerprint density at radius 2 is 2.28 bits per heavy atom. The number of nitrogens with zero attached hydrogens (tertiary/aromatic N) is 1. The van der Waals surface area contributed by atoms with Crippen LogP contribution >= 0.6 is 0 Å². The molecular formula is C15H18N2O. The Kier molecular flexibility index (Phi) is 2.82. The van der Waals surface area contributed by atoms with Gasteiger partial charge in [0.05, 0.1) is 5.69 Å². The standard InChI is InChI=1S/C15H18N2O/c1-10-5-3-6-11-7-4-8-12(14(10)11)15-13(16-2)9-18-17-15/h3,5-6,9,12,16H,4,7-8H2,1-2H3. The molecule has 1 unspecified atom stereocenters. The third-order valence-corrected chi connectivity index (χ3v) is 3.90. The third-order valence-electron chi connectivity index (χ3n) is 3.90. The van der Waals surface area contributed by atoms with Gasteiger partial charge in [0.15, 0.2) is 0 Å². The van der Waals surface area contributed by atoms with E-state index in [2.05, 4.69) is 35.6 Å². The molecule has 0 fully saturated rings. The second-order valence-corrected chi connectivity index (χ2v) is 4.96. The van der Waals surface area contributed by atoms with E-state index in [-0.39, 0.29) is 0 Å². The molecule has 0 saturated heterocycles. The number of fused-ring (bicyclic) bond motifs is 1. The molecule has 0 bridgehead atoms.